The molecule has 0 radical (unpaired) electrons. The minimum atomic E-state index is 0.157. The maximum Gasteiger partial charge on any atom is 0.223 e. The first kappa shape index (κ1) is 19.4. The second-order valence-corrected chi connectivity index (χ2v) is 5.73. The van der Waals surface area contributed by atoms with E-state index in [0.717, 1.165) is 19.5 Å². The lowest BCUT2D eigenvalue weighted by molar-refractivity contribution is -0.131. The fourth-order valence-electron chi connectivity index (χ4n) is 2.15. The number of amides is 1. The second kappa shape index (κ2) is 13.4. The maximum absolute atomic E-state index is 12.2. The fraction of sp³-hybridized carbons (Fsp3) is 0.938. The molecule has 0 unspecified atom stereocenters. The Bertz CT molecular complexity index is 233. The molecule has 0 heterocycles. The number of hydrogen-bond donors (Lipinski definition) is 2. The van der Waals surface area contributed by atoms with Gasteiger partial charge >= 0.3 is 0 Å². The third-order valence-corrected chi connectivity index (χ3v) is 3.36. The van der Waals surface area contributed by atoms with Crippen molar-refractivity contribution in [2.45, 2.75) is 71.8 Å². The molecule has 0 aliphatic heterocycles. The van der Waals surface area contributed by atoms with E-state index in [4.69, 9.17) is 5.11 Å². The van der Waals surface area contributed by atoms with Gasteiger partial charge in [0.15, 0.2) is 0 Å². The van der Waals surface area contributed by atoms with Crippen LogP contribution >= 0.6 is 0 Å². The predicted molar refractivity (Wildman–Crippen MR) is 84.8 cm³/mol. The van der Waals surface area contributed by atoms with Gasteiger partial charge in [0.1, 0.15) is 0 Å². The van der Waals surface area contributed by atoms with E-state index in [0.29, 0.717) is 25.4 Å². The van der Waals surface area contributed by atoms with Crippen molar-refractivity contribution in [3.8, 4) is 0 Å². The molecular weight excluding hydrogens is 252 g/mol. The zero-order valence-electron chi connectivity index (χ0n) is 13.7. The van der Waals surface area contributed by atoms with Crippen LogP contribution < -0.4 is 5.32 Å². The van der Waals surface area contributed by atoms with E-state index in [1.165, 1.54) is 25.7 Å². The Balaban J connectivity index is 3.94. The van der Waals surface area contributed by atoms with Crippen LogP contribution in [0.1, 0.15) is 65.7 Å². The molecule has 0 aromatic carbocycles. The Hall–Kier alpha value is -0.610. The Morgan fingerprint density at radius 3 is 2.35 bits per heavy atom. The standard InChI is InChI=1S/C16H34N2O2/c1-4-5-6-7-8-12-18(13-9-14-19)16(20)10-11-17-15(2)3/h15,17,19H,4-14H2,1-3H3. The van der Waals surface area contributed by atoms with Crippen molar-refractivity contribution < 1.29 is 9.90 Å². The Labute approximate surface area is 124 Å². The number of nitrogens with zero attached hydrogens (tertiary/aromatic N) is 1. The van der Waals surface area contributed by atoms with Gasteiger partial charge in [-0.25, -0.2) is 0 Å². The van der Waals surface area contributed by atoms with E-state index in [1.54, 1.807) is 0 Å². The zero-order valence-corrected chi connectivity index (χ0v) is 13.7. The molecule has 0 bridgehead atoms. The molecule has 4 nitrogen and oxygen atoms in total. The van der Waals surface area contributed by atoms with Crippen molar-refractivity contribution in [3.63, 3.8) is 0 Å². The number of aliphatic hydroxyl groups excluding tert-OH is 1. The molecule has 4 heteroatoms. The normalized spacial score (nSPS) is 11.1. The number of nitrogens with one attached hydrogen (secondary N) is 1. The van der Waals surface area contributed by atoms with Crippen LogP contribution in [-0.4, -0.2) is 48.2 Å². The molecule has 0 rings (SSSR count). The first-order valence-corrected chi connectivity index (χ1v) is 8.23. The van der Waals surface area contributed by atoms with Crippen molar-refractivity contribution in [2.75, 3.05) is 26.2 Å². The van der Waals surface area contributed by atoms with Crippen molar-refractivity contribution in [1.29, 1.82) is 0 Å². The van der Waals surface area contributed by atoms with Gasteiger partial charge in [0.2, 0.25) is 5.91 Å². The summed E-state index contributed by atoms with van der Waals surface area (Å²) >= 11 is 0. The molecule has 0 saturated heterocycles. The fourth-order valence-corrected chi connectivity index (χ4v) is 2.15. The number of carbonyl (C=O) groups is 1. The average Bonchev–Trinajstić information content (AvgIpc) is 2.41. The van der Waals surface area contributed by atoms with Gasteiger partial charge < -0.3 is 15.3 Å². The SMILES string of the molecule is CCCCCCCN(CCCO)C(=O)CCNC(C)C. The van der Waals surface area contributed by atoms with Gasteiger partial charge in [0.05, 0.1) is 0 Å². The number of carbonyl (C=O) groups excluding carboxylic acids is 1. The molecule has 20 heavy (non-hydrogen) atoms. The molecule has 0 aromatic rings. The van der Waals surface area contributed by atoms with E-state index in [2.05, 4.69) is 26.1 Å². The molecule has 1 amide bonds. The van der Waals surface area contributed by atoms with Gasteiger partial charge in [0, 0.05) is 38.7 Å². The molecule has 0 saturated carbocycles. The molecular formula is C16H34N2O2. The highest BCUT2D eigenvalue weighted by atomic mass is 16.3. The molecule has 0 fully saturated rings. The summed E-state index contributed by atoms with van der Waals surface area (Å²) in [6.45, 7) is 8.79. The molecule has 0 atom stereocenters. The summed E-state index contributed by atoms with van der Waals surface area (Å²) in [7, 11) is 0. The Morgan fingerprint density at radius 1 is 1.10 bits per heavy atom. The van der Waals surface area contributed by atoms with E-state index in [-0.39, 0.29) is 12.5 Å². The minimum absolute atomic E-state index is 0.157. The van der Waals surface area contributed by atoms with Crippen molar-refractivity contribution in [1.82, 2.24) is 10.2 Å². The number of unbranched alkanes of at least 4 members (excludes halogenated alkanes) is 4. The van der Waals surface area contributed by atoms with Gasteiger partial charge in [-0.15, -0.1) is 0 Å². The van der Waals surface area contributed by atoms with Gasteiger partial charge in [0.25, 0.3) is 0 Å². The van der Waals surface area contributed by atoms with Crippen LogP contribution in [0.25, 0.3) is 0 Å². The van der Waals surface area contributed by atoms with Gasteiger partial charge in [-0.05, 0) is 12.8 Å². The lowest BCUT2D eigenvalue weighted by Gasteiger charge is -2.23. The van der Waals surface area contributed by atoms with Crippen molar-refractivity contribution in [2.24, 2.45) is 0 Å². The molecule has 0 aromatic heterocycles. The minimum Gasteiger partial charge on any atom is -0.396 e. The van der Waals surface area contributed by atoms with Crippen LogP contribution in [-0.2, 0) is 4.79 Å². The zero-order chi connectivity index (χ0) is 15.2. The summed E-state index contributed by atoms with van der Waals surface area (Å²) in [5.41, 5.74) is 0. The quantitative estimate of drug-likeness (QED) is 0.512. The first-order chi connectivity index (χ1) is 9.61. The highest BCUT2D eigenvalue weighted by molar-refractivity contribution is 5.76. The Kier molecular flexibility index (Phi) is 13.0. The first-order valence-electron chi connectivity index (χ1n) is 8.23. The third-order valence-electron chi connectivity index (χ3n) is 3.36. The van der Waals surface area contributed by atoms with Crippen molar-refractivity contribution >= 4 is 5.91 Å². The largest absolute Gasteiger partial charge is 0.396 e. The maximum atomic E-state index is 12.2. The molecule has 120 valence electrons. The van der Waals surface area contributed by atoms with Gasteiger partial charge in [-0.1, -0.05) is 46.5 Å². The number of aliphatic hydroxyl groups is 1. The van der Waals surface area contributed by atoms with Crippen LogP contribution in [0, 0.1) is 0 Å². The van der Waals surface area contributed by atoms with Crippen LogP contribution in [0.15, 0.2) is 0 Å². The summed E-state index contributed by atoms with van der Waals surface area (Å²) < 4.78 is 0. The topological polar surface area (TPSA) is 52.6 Å². The van der Waals surface area contributed by atoms with Gasteiger partial charge in [-0.3, -0.25) is 4.79 Å². The molecule has 0 aliphatic carbocycles. The lowest BCUT2D eigenvalue weighted by atomic mass is 10.1. The van der Waals surface area contributed by atoms with Crippen LogP contribution in [0.5, 0.6) is 0 Å². The summed E-state index contributed by atoms with van der Waals surface area (Å²) in [5, 5.41) is 12.2. The van der Waals surface area contributed by atoms with Crippen LogP contribution in [0.4, 0.5) is 0 Å². The van der Waals surface area contributed by atoms with E-state index in [9.17, 15) is 4.79 Å². The summed E-state index contributed by atoms with van der Waals surface area (Å²) in [6.07, 6.45) is 7.29. The van der Waals surface area contributed by atoms with E-state index >= 15 is 0 Å². The van der Waals surface area contributed by atoms with Gasteiger partial charge in [-0.2, -0.15) is 0 Å². The third kappa shape index (κ3) is 11.2. The highest BCUT2D eigenvalue weighted by Crippen LogP contribution is 2.05. The molecule has 0 aliphatic rings. The smallest absolute Gasteiger partial charge is 0.223 e. The number of hydrogen-bond acceptors (Lipinski definition) is 3. The molecule has 2 N–H and O–H groups in total. The average molecular weight is 286 g/mol. The number of rotatable bonds is 13. The van der Waals surface area contributed by atoms with E-state index < -0.39 is 0 Å². The summed E-state index contributed by atoms with van der Waals surface area (Å²) in [4.78, 5) is 14.1. The summed E-state index contributed by atoms with van der Waals surface area (Å²) in [6, 6.07) is 0.419. The predicted octanol–water partition coefficient (Wildman–Crippen LogP) is 2.56. The molecule has 0 spiro atoms. The monoisotopic (exact) mass is 286 g/mol. The Morgan fingerprint density at radius 2 is 1.75 bits per heavy atom. The van der Waals surface area contributed by atoms with E-state index in [1.807, 2.05) is 4.90 Å². The van der Waals surface area contributed by atoms with Crippen LogP contribution in [0.3, 0.4) is 0 Å². The lowest BCUT2D eigenvalue weighted by Crippen LogP contribution is -2.36. The second-order valence-electron chi connectivity index (χ2n) is 5.73. The van der Waals surface area contributed by atoms with Crippen LogP contribution in [0.2, 0.25) is 0 Å². The van der Waals surface area contributed by atoms with Crippen molar-refractivity contribution in [3.05, 3.63) is 0 Å². The highest BCUT2D eigenvalue weighted by Gasteiger charge is 2.12. The summed E-state index contributed by atoms with van der Waals surface area (Å²) in [5.74, 6) is 0.210.